The van der Waals surface area contributed by atoms with Crippen molar-refractivity contribution in [3.8, 4) is 101 Å². The van der Waals surface area contributed by atoms with E-state index in [0.717, 1.165) is 150 Å². The number of furan rings is 2. The van der Waals surface area contributed by atoms with Crippen LogP contribution in [0, 0.1) is 0 Å². The summed E-state index contributed by atoms with van der Waals surface area (Å²) in [7, 11) is 0. The van der Waals surface area contributed by atoms with E-state index < -0.39 is 0 Å². The predicted octanol–water partition coefficient (Wildman–Crippen LogP) is 23.2. The molecule has 0 radical (unpaired) electrons. The van der Waals surface area contributed by atoms with E-state index in [1.807, 2.05) is 18.2 Å². The molecule has 438 valence electrons. The van der Waals surface area contributed by atoms with E-state index in [-0.39, 0.29) is 0 Å². The molecule has 0 aliphatic rings. The van der Waals surface area contributed by atoms with Gasteiger partial charge in [0.25, 0.3) is 0 Å². The van der Waals surface area contributed by atoms with Crippen LogP contribution in [-0.2, 0) is 0 Å². The second-order valence-corrected chi connectivity index (χ2v) is 24.2. The molecule has 7 heteroatoms. The number of hydrogen-bond acceptors (Lipinski definition) is 5. The molecule has 7 nitrogen and oxygen atoms in total. The van der Waals surface area contributed by atoms with Gasteiger partial charge in [-0.15, -0.1) is 0 Å². The highest BCUT2D eigenvalue weighted by atomic mass is 16.3. The highest BCUT2D eigenvalue weighted by Gasteiger charge is 2.26. The minimum Gasteiger partial charge on any atom is -0.455 e. The van der Waals surface area contributed by atoms with Crippen molar-refractivity contribution in [3.63, 3.8) is 0 Å². The molecule has 0 bridgehead atoms. The first kappa shape index (κ1) is 53.2. The maximum absolute atomic E-state index is 7.13. The third-order valence-electron chi connectivity index (χ3n) is 18.8. The second-order valence-electron chi connectivity index (χ2n) is 24.2. The fourth-order valence-electron chi connectivity index (χ4n) is 14.4. The summed E-state index contributed by atoms with van der Waals surface area (Å²) >= 11 is 0. The first-order chi connectivity index (χ1) is 46.6. The monoisotopic (exact) mass is 1200 g/mol. The van der Waals surface area contributed by atoms with Gasteiger partial charge >= 0.3 is 0 Å². The number of benzene rings is 14. The molecule has 0 fully saturated rings. The van der Waals surface area contributed by atoms with E-state index in [0.29, 0.717) is 17.5 Å². The van der Waals surface area contributed by atoms with E-state index in [2.05, 4.69) is 312 Å². The van der Waals surface area contributed by atoms with Crippen molar-refractivity contribution in [2.24, 2.45) is 0 Å². The van der Waals surface area contributed by atoms with Crippen LogP contribution in [0.5, 0.6) is 0 Å². The van der Waals surface area contributed by atoms with Crippen molar-refractivity contribution in [2.75, 3.05) is 0 Å². The van der Waals surface area contributed by atoms with Crippen LogP contribution in [0.2, 0.25) is 0 Å². The number of rotatable bonds is 10. The Morgan fingerprint density at radius 2 is 0.532 bits per heavy atom. The maximum Gasteiger partial charge on any atom is 0.164 e. The van der Waals surface area contributed by atoms with Gasteiger partial charge in [-0.3, -0.25) is 0 Å². The van der Waals surface area contributed by atoms with Gasteiger partial charge < -0.3 is 18.0 Å². The normalized spacial score (nSPS) is 11.8. The van der Waals surface area contributed by atoms with Gasteiger partial charge in [-0.2, -0.15) is 0 Å². The molecule has 0 atom stereocenters. The third-order valence-corrected chi connectivity index (χ3v) is 18.8. The van der Waals surface area contributed by atoms with Crippen LogP contribution in [-0.4, -0.2) is 24.1 Å². The van der Waals surface area contributed by atoms with Gasteiger partial charge in [0.2, 0.25) is 0 Å². The molecule has 0 unspecified atom stereocenters. The molecule has 19 aromatic rings. The molecule has 0 aliphatic carbocycles. The van der Waals surface area contributed by atoms with Crippen LogP contribution >= 0.6 is 0 Å². The van der Waals surface area contributed by atoms with Crippen molar-refractivity contribution in [1.82, 2.24) is 24.1 Å². The van der Waals surface area contributed by atoms with E-state index >= 15 is 0 Å². The molecule has 14 aromatic carbocycles. The molecule has 0 saturated carbocycles. The Bertz CT molecular complexity index is 5850. The molecule has 0 aliphatic heterocycles. The molecule has 0 N–H and O–H groups in total. The topological polar surface area (TPSA) is 74.8 Å². The standard InChI is InChI=1S/C87H53N5O2/c1-6-20-54(21-7-1)55-34-36-58(37-35-55)85-88-86(69-44-42-65(56-22-8-2-9-23-56)83-81(69)73-52-61(40-48-79(73)93-83)59-38-46-77-71(50-59)67-30-16-18-32-75(67)91(77)63-26-12-4-13-27-63)90-87(89-85)70-45-43-66(57-24-10-3-11-25-57)84-82(70)74-53-62(41-49-80(74)94-84)60-39-47-78-72(51-60)68-31-17-19-33-76(68)92(78)64-28-14-5-15-29-64/h1-53H. The van der Waals surface area contributed by atoms with Gasteiger partial charge in [0, 0.05) is 82.3 Å². The van der Waals surface area contributed by atoms with Crippen LogP contribution in [0.25, 0.3) is 189 Å². The van der Waals surface area contributed by atoms with Gasteiger partial charge in [0.1, 0.15) is 22.3 Å². The lowest BCUT2D eigenvalue weighted by atomic mass is 9.95. The Morgan fingerprint density at radius 3 is 0.979 bits per heavy atom. The molecular weight excluding hydrogens is 1150 g/mol. The molecular formula is C87H53N5O2. The van der Waals surface area contributed by atoms with Crippen LogP contribution < -0.4 is 0 Å². The lowest BCUT2D eigenvalue weighted by molar-refractivity contribution is 0.669. The average molecular weight is 1200 g/mol. The Kier molecular flexibility index (Phi) is 12.1. The molecule has 5 heterocycles. The highest BCUT2D eigenvalue weighted by Crippen LogP contribution is 2.47. The lowest BCUT2D eigenvalue weighted by Gasteiger charge is -2.13. The van der Waals surface area contributed by atoms with E-state index in [9.17, 15) is 0 Å². The summed E-state index contributed by atoms with van der Waals surface area (Å²) in [5.41, 5.74) is 22.9. The zero-order chi connectivity index (χ0) is 61.8. The Hall–Kier alpha value is -12.7. The summed E-state index contributed by atoms with van der Waals surface area (Å²) in [6.07, 6.45) is 0. The second kappa shape index (κ2) is 21.5. The van der Waals surface area contributed by atoms with Crippen LogP contribution in [0.1, 0.15) is 0 Å². The summed E-state index contributed by atoms with van der Waals surface area (Å²) in [5, 5.41) is 8.48. The number of nitrogens with zero attached hydrogens (tertiary/aromatic N) is 5. The summed E-state index contributed by atoms with van der Waals surface area (Å²) in [5.74, 6) is 1.56. The fraction of sp³-hybridized carbons (Fsp3) is 0. The largest absolute Gasteiger partial charge is 0.455 e. The SMILES string of the molecule is c1ccc(-c2ccc(-c3nc(-c4ccc(-c5ccccc5)c5oc6ccc(-c7ccc8c(c7)c7ccccc7n8-c7ccccc7)cc6c45)nc(-c4ccc(-c5ccccc5)c5oc6ccc(-c7ccc8c(c7)c7ccccc7n8-c7ccccc7)cc6c45)n3)cc2)cc1. The number of hydrogen-bond donors (Lipinski definition) is 0. The van der Waals surface area contributed by atoms with Crippen molar-refractivity contribution >= 4 is 87.5 Å². The number of aromatic nitrogens is 5. The van der Waals surface area contributed by atoms with Crippen LogP contribution in [0.15, 0.2) is 330 Å². The quantitative estimate of drug-likeness (QED) is 0.136. The molecule has 0 spiro atoms. The van der Waals surface area contributed by atoms with Gasteiger partial charge in [-0.1, -0.05) is 212 Å². The lowest BCUT2D eigenvalue weighted by Crippen LogP contribution is -2.01. The predicted molar refractivity (Wildman–Crippen MR) is 387 cm³/mol. The highest BCUT2D eigenvalue weighted by molar-refractivity contribution is 6.19. The summed E-state index contributed by atoms with van der Waals surface area (Å²) in [4.78, 5) is 16.7. The minimum atomic E-state index is 0.511. The van der Waals surface area contributed by atoms with Gasteiger partial charge in [-0.25, -0.2) is 15.0 Å². The molecule has 0 saturated heterocycles. The third kappa shape index (κ3) is 8.63. The smallest absolute Gasteiger partial charge is 0.164 e. The molecule has 19 rings (SSSR count). The Balaban J connectivity index is 0.835. The molecule has 94 heavy (non-hydrogen) atoms. The number of para-hydroxylation sites is 4. The number of fused-ring (bicyclic) bond motifs is 12. The fourth-order valence-corrected chi connectivity index (χ4v) is 14.4. The van der Waals surface area contributed by atoms with E-state index in [1.54, 1.807) is 0 Å². The minimum absolute atomic E-state index is 0.511. The maximum atomic E-state index is 7.13. The van der Waals surface area contributed by atoms with E-state index in [1.165, 1.54) is 21.5 Å². The van der Waals surface area contributed by atoms with Crippen molar-refractivity contribution in [2.45, 2.75) is 0 Å². The van der Waals surface area contributed by atoms with Crippen molar-refractivity contribution in [1.29, 1.82) is 0 Å². The summed E-state index contributed by atoms with van der Waals surface area (Å²) in [6, 6.07) is 114. The van der Waals surface area contributed by atoms with Crippen LogP contribution in [0.3, 0.4) is 0 Å². The molecule has 0 amide bonds. The van der Waals surface area contributed by atoms with Crippen molar-refractivity contribution in [3.05, 3.63) is 322 Å². The molecule has 5 aromatic heterocycles. The first-order valence-corrected chi connectivity index (χ1v) is 31.8. The van der Waals surface area contributed by atoms with Gasteiger partial charge in [-0.05, 0) is 154 Å². The summed E-state index contributed by atoms with van der Waals surface area (Å²) in [6.45, 7) is 0. The zero-order valence-electron chi connectivity index (χ0n) is 50.7. The average Bonchev–Trinajstić information content (AvgIpc) is 1.52. The van der Waals surface area contributed by atoms with Crippen molar-refractivity contribution < 1.29 is 8.83 Å². The summed E-state index contributed by atoms with van der Waals surface area (Å²) < 4.78 is 19.0. The Labute approximate surface area is 540 Å². The Morgan fingerprint density at radius 1 is 0.213 bits per heavy atom. The van der Waals surface area contributed by atoms with E-state index in [4.69, 9.17) is 23.8 Å². The van der Waals surface area contributed by atoms with Gasteiger partial charge in [0.15, 0.2) is 17.5 Å². The van der Waals surface area contributed by atoms with Crippen LogP contribution in [0.4, 0.5) is 0 Å². The first-order valence-electron chi connectivity index (χ1n) is 31.8. The zero-order valence-corrected chi connectivity index (χ0v) is 50.7. The van der Waals surface area contributed by atoms with Gasteiger partial charge in [0.05, 0.1) is 22.1 Å².